The monoisotopic (exact) mass is 523 g/mol. The number of hydrogen-bond acceptors (Lipinski definition) is 8. The van der Waals surface area contributed by atoms with Crippen molar-refractivity contribution in [3.8, 4) is 17.2 Å². The van der Waals surface area contributed by atoms with Gasteiger partial charge in [0.2, 0.25) is 10.0 Å². The molecule has 0 radical (unpaired) electrons. The molecule has 3 aromatic carbocycles. The van der Waals surface area contributed by atoms with Crippen molar-refractivity contribution in [3.05, 3.63) is 90.1 Å². The molecule has 0 fully saturated rings. The van der Waals surface area contributed by atoms with E-state index >= 15 is 0 Å². The lowest BCUT2D eigenvalue weighted by molar-refractivity contribution is 0.158. The highest BCUT2D eigenvalue weighted by Crippen LogP contribution is 2.28. The molecule has 0 spiro atoms. The minimum atomic E-state index is -3.59. The molecular weight excluding hydrogens is 494 g/mol. The fourth-order valence-corrected chi connectivity index (χ4v) is 4.42. The van der Waals surface area contributed by atoms with E-state index in [1.807, 2.05) is 54.6 Å². The molecule has 10 heteroatoms. The zero-order valence-electron chi connectivity index (χ0n) is 20.2. The molecule has 4 rings (SSSR count). The first-order chi connectivity index (χ1) is 17.7. The number of nitrogens with one attached hydrogen (secondary N) is 2. The van der Waals surface area contributed by atoms with Gasteiger partial charge in [-0.3, -0.25) is 9.71 Å². The van der Waals surface area contributed by atoms with E-state index in [2.05, 4.69) is 15.0 Å². The second-order valence-corrected chi connectivity index (χ2v) is 10.5. The van der Waals surface area contributed by atoms with Gasteiger partial charge in [0.1, 0.15) is 17.2 Å². The molecule has 0 amide bonds. The number of aromatic nitrogens is 1. The summed E-state index contributed by atoms with van der Waals surface area (Å²) in [6.45, 7) is -0.0331. The van der Waals surface area contributed by atoms with Crippen molar-refractivity contribution in [1.82, 2.24) is 10.3 Å². The highest BCUT2D eigenvalue weighted by atomic mass is 32.2. The zero-order valence-corrected chi connectivity index (χ0v) is 21.0. The summed E-state index contributed by atoms with van der Waals surface area (Å²) in [6.07, 6.45) is 2.18. The third-order valence-corrected chi connectivity index (χ3v) is 6.32. The molecule has 1 heterocycles. The lowest BCUT2D eigenvalue weighted by Crippen LogP contribution is -2.37. The maximum absolute atomic E-state index is 11.5. The van der Waals surface area contributed by atoms with Crippen LogP contribution in [0.3, 0.4) is 0 Å². The molecule has 1 unspecified atom stereocenters. The SMILES string of the molecule is CS(=O)(=O)Nc1cc([C@@H](O)CNC(CO)Cc2ccc(Oc3cnc4ccccc4c3)cc2)ccc1O. The standard InChI is InChI=1S/C27H29N3O6S/c1-37(34,35)30-25-14-20(8-11-26(25)32)27(33)16-28-21(17-31)12-18-6-9-22(10-7-18)36-23-13-19-4-2-3-5-24(19)29-15-23/h2-11,13-15,21,27-28,30-33H,12,16-17H2,1H3/t21?,27-/m0/s1. The molecule has 5 N–H and O–H groups in total. The highest BCUT2D eigenvalue weighted by molar-refractivity contribution is 7.92. The number of hydrogen-bond donors (Lipinski definition) is 5. The number of aliphatic hydroxyl groups is 2. The first kappa shape index (κ1) is 26.4. The van der Waals surface area contributed by atoms with Gasteiger partial charge in [-0.15, -0.1) is 0 Å². The van der Waals surface area contributed by atoms with Gasteiger partial charge in [-0.05, 0) is 53.9 Å². The van der Waals surface area contributed by atoms with Gasteiger partial charge in [-0.1, -0.05) is 36.4 Å². The van der Waals surface area contributed by atoms with Crippen molar-refractivity contribution in [2.75, 3.05) is 24.1 Å². The van der Waals surface area contributed by atoms with Crippen molar-refractivity contribution < 1.29 is 28.5 Å². The summed E-state index contributed by atoms with van der Waals surface area (Å²) < 4.78 is 31.1. The number of phenolic OH excluding ortho intramolecular Hbond substituents is 1. The molecule has 0 aliphatic heterocycles. The first-order valence-corrected chi connectivity index (χ1v) is 13.5. The number of aliphatic hydroxyl groups excluding tert-OH is 2. The molecule has 0 bridgehead atoms. The Morgan fingerprint density at radius 3 is 2.49 bits per heavy atom. The van der Waals surface area contributed by atoms with Crippen molar-refractivity contribution in [2.24, 2.45) is 0 Å². The molecule has 0 saturated heterocycles. The summed E-state index contributed by atoms with van der Waals surface area (Å²) in [4.78, 5) is 4.40. The average molecular weight is 524 g/mol. The van der Waals surface area contributed by atoms with E-state index in [4.69, 9.17) is 4.74 Å². The van der Waals surface area contributed by atoms with Crippen LogP contribution in [0.15, 0.2) is 79.0 Å². The number of aromatic hydroxyl groups is 1. The molecule has 2 atom stereocenters. The number of ether oxygens (including phenoxy) is 1. The van der Waals surface area contributed by atoms with Crippen LogP contribution in [0.1, 0.15) is 17.2 Å². The fraction of sp³-hybridized carbons (Fsp3) is 0.222. The van der Waals surface area contributed by atoms with Crippen molar-refractivity contribution in [2.45, 2.75) is 18.6 Å². The van der Waals surface area contributed by atoms with Crippen molar-refractivity contribution >= 4 is 26.6 Å². The quantitative estimate of drug-likeness (QED) is 0.189. The van der Waals surface area contributed by atoms with E-state index in [-0.39, 0.29) is 30.6 Å². The normalized spacial score (nSPS) is 13.3. The fourth-order valence-electron chi connectivity index (χ4n) is 3.86. The molecule has 1 aromatic heterocycles. The van der Waals surface area contributed by atoms with E-state index in [1.165, 1.54) is 18.2 Å². The number of anilines is 1. The minimum Gasteiger partial charge on any atom is -0.506 e. The Morgan fingerprint density at radius 2 is 1.76 bits per heavy atom. The topological polar surface area (TPSA) is 141 Å². The Balaban J connectivity index is 1.33. The van der Waals surface area contributed by atoms with E-state index in [9.17, 15) is 23.7 Å². The highest BCUT2D eigenvalue weighted by Gasteiger charge is 2.15. The van der Waals surface area contributed by atoms with Gasteiger partial charge < -0.3 is 25.4 Å². The molecule has 194 valence electrons. The molecule has 4 aromatic rings. The summed E-state index contributed by atoms with van der Waals surface area (Å²) in [7, 11) is -3.59. The Morgan fingerprint density at radius 1 is 1.00 bits per heavy atom. The number of fused-ring (bicyclic) bond motifs is 1. The smallest absolute Gasteiger partial charge is 0.229 e. The maximum Gasteiger partial charge on any atom is 0.229 e. The van der Waals surface area contributed by atoms with Crippen LogP contribution in [-0.2, 0) is 16.4 Å². The van der Waals surface area contributed by atoms with Crippen LogP contribution in [0.25, 0.3) is 10.9 Å². The summed E-state index contributed by atoms with van der Waals surface area (Å²) in [5.74, 6) is 1.06. The van der Waals surface area contributed by atoms with Gasteiger partial charge in [0, 0.05) is 18.0 Å². The second kappa shape index (κ2) is 11.6. The van der Waals surface area contributed by atoms with Crippen LogP contribution in [-0.4, -0.2) is 54.2 Å². The van der Waals surface area contributed by atoms with E-state index < -0.39 is 16.1 Å². The van der Waals surface area contributed by atoms with Gasteiger partial charge in [0.25, 0.3) is 0 Å². The Labute approximate surface area is 215 Å². The van der Waals surface area contributed by atoms with Crippen LogP contribution in [0.4, 0.5) is 5.69 Å². The first-order valence-electron chi connectivity index (χ1n) is 11.6. The molecule has 0 saturated carbocycles. The van der Waals surface area contributed by atoms with Gasteiger partial charge in [0.05, 0.1) is 36.4 Å². The molecule has 0 aliphatic rings. The number of benzene rings is 3. The molecular formula is C27H29N3O6S. The van der Waals surface area contributed by atoms with Gasteiger partial charge in [-0.25, -0.2) is 8.42 Å². The number of rotatable bonds is 11. The van der Waals surface area contributed by atoms with E-state index in [1.54, 1.807) is 6.20 Å². The largest absolute Gasteiger partial charge is 0.506 e. The minimum absolute atomic E-state index is 0.0143. The van der Waals surface area contributed by atoms with E-state index in [0.29, 0.717) is 23.5 Å². The lowest BCUT2D eigenvalue weighted by atomic mass is 10.0. The summed E-state index contributed by atoms with van der Waals surface area (Å²) in [6, 6.07) is 21.1. The summed E-state index contributed by atoms with van der Waals surface area (Å²) in [5.41, 5.74) is 2.26. The number of pyridine rings is 1. The predicted molar refractivity (Wildman–Crippen MR) is 142 cm³/mol. The summed E-state index contributed by atoms with van der Waals surface area (Å²) >= 11 is 0. The average Bonchev–Trinajstić information content (AvgIpc) is 2.87. The number of nitrogens with zero attached hydrogens (tertiary/aromatic N) is 1. The van der Waals surface area contributed by atoms with E-state index in [0.717, 1.165) is 22.7 Å². The van der Waals surface area contributed by atoms with Gasteiger partial charge in [-0.2, -0.15) is 0 Å². The second-order valence-electron chi connectivity index (χ2n) is 8.77. The third kappa shape index (κ3) is 7.40. The van der Waals surface area contributed by atoms with Crippen LogP contribution < -0.4 is 14.8 Å². The predicted octanol–water partition coefficient (Wildman–Crippen LogP) is 3.33. The third-order valence-electron chi connectivity index (χ3n) is 5.73. The van der Waals surface area contributed by atoms with Crippen molar-refractivity contribution in [3.63, 3.8) is 0 Å². The Hall–Kier alpha value is -3.70. The molecule has 37 heavy (non-hydrogen) atoms. The molecule has 9 nitrogen and oxygen atoms in total. The number of phenols is 1. The lowest BCUT2D eigenvalue weighted by Gasteiger charge is -2.20. The Kier molecular flexibility index (Phi) is 8.24. The maximum atomic E-state index is 11.5. The van der Waals surface area contributed by atoms with Crippen LogP contribution in [0, 0.1) is 0 Å². The van der Waals surface area contributed by atoms with Crippen LogP contribution in [0.5, 0.6) is 17.2 Å². The zero-order chi connectivity index (χ0) is 26.4. The number of sulfonamides is 1. The van der Waals surface area contributed by atoms with Crippen molar-refractivity contribution in [1.29, 1.82) is 0 Å². The Bertz CT molecular complexity index is 1460. The van der Waals surface area contributed by atoms with Crippen LogP contribution in [0.2, 0.25) is 0 Å². The van der Waals surface area contributed by atoms with Gasteiger partial charge in [0.15, 0.2) is 0 Å². The summed E-state index contributed by atoms with van der Waals surface area (Å²) in [5, 5.41) is 34.4. The molecule has 0 aliphatic carbocycles. The van der Waals surface area contributed by atoms with Gasteiger partial charge >= 0.3 is 0 Å². The van der Waals surface area contributed by atoms with Crippen LogP contribution >= 0.6 is 0 Å². The number of para-hydroxylation sites is 1.